The van der Waals surface area contributed by atoms with Gasteiger partial charge in [-0.1, -0.05) is 12.1 Å². The van der Waals surface area contributed by atoms with E-state index in [1.54, 1.807) is 25.4 Å². The van der Waals surface area contributed by atoms with Crippen molar-refractivity contribution in [2.45, 2.75) is 32.5 Å². The predicted molar refractivity (Wildman–Crippen MR) is 116 cm³/mol. The second-order valence-corrected chi connectivity index (χ2v) is 7.49. The molecule has 3 aromatic rings. The van der Waals surface area contributed by atoms with E-state index in [4.69, 9.17) is 18.9 Å². The van der Waals surface area contributed by atoms with Crippen LogP contribution in [0, 0.1) is 6.92 Å². The van der Waals surface area contributed by atoms with Gasteiger partial charge in [0.15, 0.2) is 5.82 Å². The maximum atomic E-state index is 10.2. The molecule has 0 radical (unpaired) electrons. The molecule has 1 aliphatic heterocycles. The summed E-state index contributed by atoms with van der Waals surface area (Å²) in [7, 11) is 1.64. The van der Waals surface area contributed by atoms with Crippen LogP contribution in [0.1, 0.15) is 24.0 Å². The zero-order valence-corrected chi connectivity index (χ0v) is 17.7. The zero-order chi connectivity index (χ0) is 21.6. The summed E-state index contributed by atoms with van der Waals surface area (Å²) >= 11 is 0. The van der Waals surface area contributed by atoms with Gasteiger partial charge in [-0.05, 0) is 49.6 Å². The van der Waals surface area contributed by atoms with E-state index in [1.807, 2.05) is 37.3 Å². The Labute approximate surface area is 181 Å². The molecule has 0 spiro atoms. The molecule has 162 valence electrons. The number of methoxy groups -OCH3 is 1. The second-order valence-electron chi connectivity index (χ2n) is 7.49. The molecule has 1 aromatic heterocycles. The van der Waals surface area contributed by atoms with Gasteiger partial charge in [-0.25, -0.2) is 4.98 Å². The molecule has 0 saturated carbocycles. The summed E-state index contributed by atoms with van der Waals surface area (Å²) < 4.78 is 22.6. The average molecular weight is 422 g/mol. The summed E-state index contributed by atoms with van der Waals surface area (Å²) in [6.07, 6.45) is 3.58. The van der Waals surface area contributed by atoms with Gasteiger partial charge in [-0.3, -0.25) is 0 Å². The van der Waals surface area contributed by atoms with E-state index in [9.17, 15) is 5.11 Å². The van der Waals surface area contributed by atoms with Crippen molar-refractivity contribution in [3.8, 4) is 34.5 Å². The molecule has 1 N–H and O–H groups in total. The smallest absolute Gasteiger partial charge is 0.220 e. The normalized spacial score (nSPS) is 16.0. The Morgan fingerprint density at radius 1 is 1.13 bits per heavy atom. The summed E-state index contributed by atoms with van der Waals surface area (Å²) in [5.74, 6) is 2.40. The van der Waals surface area contributed by atoms with E-state index in [1.165, 1.54) is 0 Å². The summed E-state index contributed by atoms with van der Waals surface area (Å²) in [6, 6.07) is 12.7. The fourth-order valence-electron chi connectivity index (χ4n) is 3.36. The molecule has 7 nitrogen and oxygen atoms in total. The number of benzene rings is 2. The largest absolute Gasteiger partial charge is 0.508 e. The van der Waals surface area contributed by atoms with Gasteiger partial charge < -0.3 is 24.1 Å². The molecule has 0 aliphatic carbocycles. The average Bonchev–Trinajstić information content (AvgIpc) is 2.79. The van der Waals surface area contributed by atoms with Gasteiger partial charge in [0.1, 0.15) is 30.0 Å². The number of ether oxygens (including phenoxy) is 4. The van der Waals surface area contributed by atoms with Gasteiger partial charge in [0.05, 0.1) is 13.7 Å². The Morgan fingerprint density at radius 3 is 2.71 bits per heavy atom. The lowest BCUT2D eigenvalue weighted by Gasteiger charge is -2.23. The number of aromatic nitrogens is 2. The number of hydrogen-bond acceptors (Lipinski definition) is 7. The molecule has 1 saturated heterocycles. The number of hydrogen-bond donors (Lipinski definition) is 1. The minimum atomic E-state index is -0.0225. The number of aromatic hydroxyl groups is 1. The summed E-state index contributed by atoms with van der Waals surface area (Å²) in [4.78, 5) is 8.99. The van der Waals surface area contributed by atoms with Crippen LogP contribution in [-0.2, 0) is 11.3 Å². The van der Waals surface area contributed by atoms with Crippen LogP contribution in [0.25, 0.3) is 11.4 Å². The first-order valence-corrected chi connectivity index (χ1v) is 10.3. The summed E-state index contributed by atoms with van der Waals surface area (Å²) in [5, 5.41) is 10.2. The van der Waals surface area contributed by atoms with Crippen molar-refractivity contribution in [1.29, 1.82) is 0 Å². The highest BCUT2D eigenvalue weighted by Gasteiger charge is 2.17. The van der Waals surface area contributed by atoms with Crippen molar-refractivity contribution in [2.24, 2.45) is 0 Å². The van der Waals surface area contributed by atoms with Crippen molar-refractivity contribution in [1.82, 2.24) is 9.97 Å². The number of rotatable bonds is 7. The Hall–Kier alpha value is -3.32. The quantitative estimate of drug-likeness (QED) is 0.608. The van der Waals surface area contributed by atoms with Crippen LogP contribution < -0.4 is 14.2 Å². The van der Waals surface area contributed by atoms with Crippen LogP contribution >= 0.6 is 0 Å². The first-order chi connectivity index (χ1) is 15.1. The van der Waals surface area contributed by atoms with Crippen LogP contribution in [0.2, 0.25) is 0 Å². The van der Waals surface area contributed by atoms with E-state index < -0.39 is 0 Å². The summed E-state index contributed by atoms with van der Waals surface area (Å²) in [6.45, 7) is 3.58. The van der Waals surface area contributed by atoms with Gasteiger partial charge in [0.2, 0.25) is 5.88 Å². The Morgan fingerprint density at radius 2 is 1.97 bits per heavy atom. The lowest BCUT2D eigenvalue weighted by atomic mass is 10.1. The minimum absolute atomic E-state index is 0.0225. The van der Waals surface area contributed by atoms with Crippen molar-refractivity contribution in [3.05, 3.63) is 59.8 Å². The monoisotopic (exact) mass is 422 g/mol. The topological polar surface area (TPSA) is 82.9 Å². The highest BCUT2D eigenvalue weighted by molar-refractivity contribution is 5.61. The molecule has 1 fully saturated rings. The highest BCUT2D eigenvalue weighted by atomic mass is 16.5. The van der Waals surface area contributed by atoms with Crippen molar-refractivity contribution >= 4 is 0 Å². The SMILES string of the molecule is COc1ccc(COc2nc(-c3cc(O)cc(OC4CCCOC4)c3)ncc2C)cc1. The van der Waals surface area contributed by atoms with E-state index in [0.29, 0.717) is 36.2 Å². The number of aryl methyl sites for hydroxylation is 1. The predicted octanol–water partition coefficient (Wildman–Crippen LogP) is 4.30. The lowest BCUT2D eigenvalue weighted by molar-refractivity contribution is 0.00738. The molecule has 2 aromatic carbocycles. The molecular formula is C24H26N2O5. The molecule has 1 atom stereocenters. The maximum Gasteiger partial charge on any atom is 0.220 e. The van der Waals surface area contributed by atoms with Crippen LogP contribution in [0.4, 0.5) is 0 Å². The second kappa shape index (κ2) is 9.66. The first kappa shape index (κ1) is 20.9. The first-order valence-electron chi connectivity index (χ1n) is 10.3. The van der Waals surface area contributed by atoms with Crippen LogP contribution in [-0.4, -0.2) is 41.5 Å². The number of nitrogens with zero attached hydrogens (tertiary/aromatic N) is 2. The van der Waals surface area contributed by atoms with Crippen LogP contribution in [0.5, 0.6) is 23.1 Å². The molecular weight excluding hydrogens is 396 g/mol. The Kier molecular flexibility index (Phi) is 6.52. The van der Waals surface area contributed by atoms with Gasteiger partial charge in [0.25, 0.3) is 0 Å². The lowest BCUT2D eigenvalue weighted by Crippen LogP contribution is -2.27. The van der Waals surface area contributed by atoms with E-state index >= 15 is 0 Å². The van der Waals surface area contributed by atoms with Gasteiger partial charge >= 0.3 is 0 Å². The number of phenolic OH excluding ortho intramolecular Hbond substituents is 1. The Bertz CT molecular complexity index is 1020. The van der Waals surface area contributed by atoms with Gasteiger partial charge in [-0.15, -0.1) is 0 Å². The fraction of sp³-hybridized carbons (Fsp3) is 0.333. The third-order valence-electron chi connectivity index (χ3n) is 5.03. The third kappa shape index (κ3) is 5.44. The third-order valence-corrected chi connectivity index (χ3v) is 5.03. The molecule has 0 amide bonds. The zero-order valence-electron chi connectivity index (χ0n) is 17.7. The number of phenols is 1. The Balaban J connectivity index is 1.51. The van der Waals surface area contributed by atoms with Crippen molar-refractivity contribution < 1.29 is 24.1 Å². The van der Waals surface area contributed by atoms with Gasteiger partial charge in [-0.2, -0.15) is 4.98 Å². The van der Waals surface area contributed by atoms with Gasteiger partial charge in [0, 0.05) is 30.0 Å². The van der Waals surface area contributed by atoms with E-state index in [2.05, 4.69) is 9.97 Å². The maximum absolute atomic E-state index is 10.2. The van der Waals surface area contributed by atoms with Crippen LogP contribution in [0.15, 0.2) is 48.7 Å². The van der Waals surface area contributed by atoms with Crippen molar-refractivity contribution in [3.63, 3.8) is 0 Å². The summed E-state index contributed by atoms with van der Waals surface area (Å²) in [5.41, 5.74) is 2.48. The standard InChI is InChI=1S/C24H26N2O5/c1-16-13-25-23(26-24(16)30-14-17-5-7-20(28-2)8-6-17)18-10-19(27)12-22(11-18)31-21-4-3-9-29-15-21/h5-8,10-13,21,27H,3-4,9,14-15H2,1-2H3. The van der Waals surface area contributed by atoms with Crippen LogP contribution in [0.3, 0.4) is 0 Å². The molecule has 2 heterocycles. The van der Waals surface area contributed by atoms with Crippen molar-refractivity contribution in [2.75, 3.05) is 20.3 Å². The minimum Gasteiger partial charge on any atom is -0.508 e. The molecule has 1 aliphatic rings. The molecule has 0 bridgehead atoms. The molecule has 4 rings (SSSR count). The van der Waals surface area contributed by atoms with E-state index in [0.717, 1.165) is 36.3 Å². The van der Waals surface area contributed by atoms with E-state index in [-0.39, 0.29) is 11.9 Å². The molecule has 1 unspecified atom stereocenters. The molecule has 7 heteroatoms. The fourth-order valence-corrected chi connectivity index (χ4v) is 3.36. The highest BCUT2D eigenvalue weighted by Crippen LogP contribution is 2.30. The molecule has 31 heavy (non-hydrogen) atoms.